The lowest BCUT2D eigenvalue weighted by atomic mass is 10.2. The quantitative estimate of drug-likeness (QED) is 0.830. The van der Waals surface area contributed by atoms with E-state index in [2.05, 4.69) is 0 Å². The van der Waals surface area contributed by atoms with Crippen LogP contribution in [0.4, 0.5) is 5.69 Å². The van der Waals surface area contributed by atoms with E-state index in [9.17, 15) is 4.79 Å². The number of benzene rings is 2. The van der Waals surface area contributed by atoms with Gasteiger partial charge >= 0.3 is 0 Å². The van der Waals surface area contributed by atoms with Gasteiger partial charge in [0.2, 0.25) is 0 Å². The van der Waals surface area contributed by atoms with Crippen molar-refractivity contribution in [2.24, 2.45) is 0 Å². The van der Waals surface area contributed by atoms with Crippen LogP contribution in [0.5, 0.6) is 5.75 Å². The Morgan fingerprint density at radius 2 is 1.76 bits per heavy atom. The fraction of sp³-hybridized carbons (Fsp3) is 0.235. The van der Waals surface area contributed by atoms with Crippen LogP contribution >= 0.6 is 11.6 Å². The van der Waals surface area contributed by atoms with E-state index in [-0.39, 0.29) is 5.91 Å². The highest BCUT2D eigenvalue weighted by atomic mass is 35.5. The Bertz CT molecular complexity index is 601. The number of para-hydroxylation sites is 2. The largest absolute Gasteiger partial charge is 0.479 e. The molecule has 1 atom stereocenters. The molecule has 0 aliphatic carbocycles. The smallest absolute Gasteiger partial charge is 0.267 e. The second-order valence-corrected chi connectivity index (χ2v) is 5.02. The van der Waals surface area contributed by atoms with E-state index in [0.29, 0.717) is 17.3 Å². The molecule has 110 valence electrons. The molecular weight excluding hydrogens is 286 g/mol. The molecule has 0 aliphatic rings. The first-order valence-electron chi connectivity index (χ1n) is 6.91. The minimum absolute atomic E-state index is 0.0939. The third kappa shape index (κ3) is 3.76. The zero-order chi connectivity index (χ0) is 15.2. The Kier molecular flexibility index (Phi) is 5.23. The fourth-order valence-electron chi connectivity index (χ4n) is 2.07. The number of hydrogen-bond donors (Lipinski definition) is 0. The van der Waals surface area contributed by atoms with Crippen molar-refractivity contribution in [2.75, 3.05) is 11.4 Å². The molecule has 4 heteroatoms. The number of amides is 1. The number of carbonyl (C=O) groups is 1. The Hall–Kier alpha value is -2.00. The molecule has 21 heavy (non-hydrogen) atoms. The van der Waals surface area contributed by atoms with Crippen LogP contribution in [0.1, 0.15) is 13.8 Å². The average Bonchev–Trinajstić information content (AvgIpc) is 2.51. The van der Waals surface area contributed by atoms with Crippen LogP contribution in [0.15, 0.2) is 54.6 Å². The molecule has 0 heterocycles. The molecule has 0 fully saturated rings. The Labute approximate surface area is 130 Å². The third-order valence-electron chi connectivity index (χ3n) is 3.14. The van der Waals surface area contributed by atoms with Crippen LogP contribution in [0.2, 0.25) is 5.02 Å². The fourth-order valence-corrected chi connectivity index (χ4v) is 2.25. The highest BCUT2D eigenvalue weighted by molar-refractivity contribution is 6.32. The average molecular weight is 304 g/mol. The van der Waals surface area contributed by atoms with E-state index in [1.807, 2.05) is 49.4 Å². The molecule has 3 nitrogen and oxygen atoms in total. The molecule has 0 aromatic heterocycles. The molecular formula is C17H18ClNO2. The molecule has 2 aromatic rings. The first-order valence-corrected chi connectivity index (χ1v) is 7.29. The summed E-state index contributed by atoms with van der Waals surface area (Å²) in [5, 5.41) is 0.500. The van der Waals surface area contributed by atoms with Gasteiger partial charge in [0, 0.05) is 12.2 Å². The number of ether oxygens (including phenoxy) is 1. The van der Waals surface area contributed by atoms with Gasteiger partial charge in [-0.25, -0.2) is 0 Å². The van der Waals surface area contributed by atoms with Gasteiger partial charge in [-0.15, -0.1) is 0 Å². The lowest BCUT2D eigenvalue weighted by Gasteiger charge is -2.25. The third-order valence-corrected chi connectivity index (χ3v) is 3.45. The van der Waals surface area contributed by atoms with Crippen molar-refractivity contribution in [3.63, 3.8) is 0 Å². The summed E-state index contributed by atoms with van der Waals surface area (Å²) >= 11 is 6.05. The van der Waals surface area contributed by atoms with Gasteiger partial charge in [0.05, 0.1) is 5.02 Å². The molecule has 0 saturated carbocycles. The SMILES string of the molecule is CCN(C(=O)C(C)Oc1ccccc1Cl)c1ccccc1. The van der Waals surface area contributed by atoms with E-state index in [1.165, 1.54) is 0 Å². The minimum Gasteiger partial charge on any atom is -0.479 e. The normalized spacial score (nSPS) is 11.8. The number of likely N-dealkylation sites (N-methyl/N-ethyl adjacent to an activating group) is 1. The summed E-state index contributed by atoms with van der Waals surface area (Å²) in [5.41, 5.74) is 0.861. The second kappa shape index (κ2) is 7.14. The van der Waals surface area contributed by atoms with Crippen LogP contribution < -0.4 is 9.64 Å². The first-order chi connectivity index (χ1) is 10.1. The van der Waals surface area contributed by atoms with Gasteiger partial charge in [0.1, 0.15) is 5.75 Å². The minimum atomic E-state index is -0.606. The van der Waals surface area contributed by atoms with Crippen molar-refractivity contribution in [3.8, 4) is 5.75 Å². The van der Waals surface area contributed by atoms with Crippen molar-refractivity contribution in [1.82, 2.24) is 0 Å². The van der Waals surface area contributed by atoms with E-state index in [4.69, 9.17) is 16.3 Å². The summed E-state index contributed by atoms with van der Waals surface area (Å²) < 4.78 is 5.69. The molecule has 0 radical (unpaired) electrons. The van der Waals surface area contributed by atoms with Gasteiger partial charge in [-0.3, -0.25) is 4.79 Å². The highest BCUT2D eigenvalue weighted by Crippen LogP contribution is 2.25. The van der Waals surface area contributed by atoms with Gasteiger partial charge in [-0.2, -0.15) is 0 Å². The maximum absolute atomic E-state index is 12.5. The number of anilines is 1. The number of halogens is 1. The standard InChI is InChI=1S/C17H18ClNO2/c1-3-19(14-9-5-4-6-10-14)17(20)13(2)21-16-12-8-7-11-15(16)18/h4-13H,3H2,1-2H3. The summed E-state index contributed by atoms with van der Waals surface area (Å²) in [5.74, 6) is 0.424. The maximum Gasteiger partial charge on any atom is 0.267 e. The van der Waals surface area contributed by atoms with Gasteiger partial charge < -0.3 is 9.64 Å². The number of nitrogens with zero attached hydrogens (tertiary/aromatic N) is 1. The molecule has 1 unspecified atom stereocenters. The van der Waals surface area contributed by atoms with Crippen molar-refractivity contribution < 1.29 is 9.53 Å². The molecule has 0 aliphatic heterocycles. The van der Waals surface area contributed by atoms with Crippen LogP contribution in [0.25, 0.3) is 0 Å². The Morgan fingerprint density at radius 3 is 2.38 bits per heavy atom. The number of carbonyl (C=O) groups excluding carboxylic acids is 1. The lowest BCUT2D eigenvalue weighted by molar-refractivity contribution is -0.124. The van der Waals surface area contributed by atoms with E-state index in [0.717, 1.165) is 5.69 Å². The molecule has 0 bridgehead atoms. The second-order valence-electron chi connectivity index (χ2n) is 4.61. The predicted molar refractivity (Wildman–Crippen MR) is 86.0 cm³/mol. The Balaban J connectivity index is 2.13. The zero-order valence-corrected chi connectivity index (χ0v) is 12.9. The van der Waals surface area contributed by atoms with Crippen LogP contribution in [0, 0.1) is 0 Å². The van der Waals surface area contributed by atoms with Gasteiger partial charge in [0.15, 0.2) is 6.10 Å². The van der Waals surface area contributed by atoms with Gasteiger partial charge in [-0.1, -0.05) is 41.9 Å². The van der Waals surface area contributed by atoms with Crippen LogP contribution in [0.3, 0.4) is 0 Å². The summed E-state index contributed by atoms with van der Waals surface area (Å²) in [6.45, 7) is 4.25. The van der Waals surface area contributed by atoms with Crippen LogP contribution in [-0.4, -0.2) is 18.6 Å². The van der Waals surface area contributed by atoms with E-state index >= 15 is 0 Å². The van der Waals surface area contributed by atoms with E-state index < -0.39 is 6.10 Å². The molecule has 0 N–H and O–H groups in total. The topological polar surface area (TPSA) is 29.5 Å². The highest BCUT2D eigenvalue weighted by Gasteiger charge is 2.22. The number of rotatable bonds is 5. The summed E-state index contributed by atoms with van der Waals surface area (Å²) in [7, 11) is 0. The molecule has 2 aromatic carbocycles. The first kappa shape index (κ1) is 15.4. The van der Waals surface area contributed by atoms with Crippen LogP contribution in [-0.2, 0) is 4.79 Å². The molecule has 0 spiro atoms. The van der Waals surface area contributed by atoms with Gasteiger partial charge in [0.25, 0.3) is 5.91 Å². The Morgan fingerprint density at radius 1 is 1.14 bits per heavy atom. The summed E-state index contributed by atoms with van der Waals surface area (Å²) in [4.78, 5) is 14.2. The lowest BCUT2D eigenvalue weighted by Crippen LogP contribution is -2.40. The number of hydrogen-bond acceptors (Lipinski definition) is 2. The molecule has 2 rings (SSSR count). The van der Waals surface area contributed by atoms with Crippen molar-refractivity contribution in [1.29, 1.82) is 0 Å². The molecule has 0 saturated heterocycles. The van der Waals surface area contributed by atoms with Crippen molar-refractivity contribution in [2.45, 2.75) is 20.0 Å². The summed E-state index contributed by atoms with van der Waals surface area (Å²) in [6.07, 6.45) is -0.606. The molecule has 1 amide bonds. The van der Waals surface area contributed by atoms with Gasteiger partial charge in [-0.05, 0) is 38.1 Å². The summed E-state index contributed by atoms with van der Waals surface area (Å²) in [6, 6.07) is 16.7. The van der Waals surface area contributed by atoms with Crippen molar-refractivity contribution in [3.05, 3.63) is 59.6 Å². The maximum atomic E-state index is 12.5. The zero-order valence-electron chi connectivity index (χ0n) is 12.1. The monoisotopic (exact) mass is 303 g/mol. The van der Waals surface area contributed by atoms with Crippen molar-refractivity contribution >= 4 is 23.2 Å². The van der Waals surface area contributed by atoms with E-state index in [1.54, 1.807) is 24.0 Å². The predicted octanol–water partition coefficient (Wildman–Crippen LogP) is 4.16.